The van der Waals surface area contributed by atoms with Crippen LogP contribution in [0.3, 0.4) is 0 Å². The zero-order valence-corrected chi connectivity index (χ0v) is 13.1. The second kappa shape index (κ2) is 6.62. The third-order valence-electron chi connectivity index (χ3n) is 3.49. The highest BCUT2D eigenvalue weighted by atomic mass is 32.1. The fourth-order valence-corrected chi connectivity index (χ4v) is 3.42. The Morgan fingerprint density at radius 1 is 1.52 bits per heavy atom. The zero-order valence-electron chi connectivity index (χ0n) is 12.3. The Labute approximate surface area is 137 Å². The molecule has 1 aliphatic heterocycles. The van der Waals surface area contributed by atoms with E-state index >= 15 is 0 Å². The SMILES string of the molecule is N#Cc1nc(N2CCC[CH][C@@H]2C(N)=O)sc1Nc1ccccn1. The quantitative estimate of drug-likeness (QED) is 0.886. The number of rotatable bonds is 4. The van der Waals surface area contributed by atoms with Gasteiger partial charge in [-0.25, -0.2) is 9.97 Å². The van der Waals surface area contributed by atoms with Gasteiger partial charge >= 0.3 is 0 Å². The summed E-state index contributed by atoms with van der Waals surface area (Å²) in [5.74, 6) is 0.230. The highest BCUT2D eigenvalue weighted by molar-refractivity contribution is 7.19. The molecule has 1 fully saturated rings. The highest BCUT2D eigenvalue weighted by Gasteiger charge is 2.30. The molecular formula is C15H15N6OS. The Morgan fingerprint density at radius 3 is 3.09 bits per heavy atom. The number of nitrogens with two attached hydrogens (primary N) is 1. The van der Waals surface area contributed by atoms with Gasteiger partial charge in [-0.3, -0.25) is 4.79 Å². The van der Waals surface area contributed by atoms with Crippen molar-refractivity contribution in [2.24, 2.45) is 5.73 Å². The van der Waals surface area contributed by atoms with E-state index in [0.717, 1.165) is 12.8 Å². The van der Waals surface area contributed by atoms with Crippen LogP contribution < -0.4 is 16.0 Å². The monoisotopic (exact) mass is 327 g/mol. The third kappa shape index (κ3) is 3.24. The van der Waals surface area contributed by atoms with E-state index < -0.39 is 11.9 Å². The van der Waals surface area contributed by atoms with Crippen LogP contribution in [0.5, 0.6) is 0 Å². The lowest BCUT2D eigenvalue weighted by Crippen LogP contribution is -2.48. The summed E-state index contributed by atoms with van der Waals surface area (Å²) in [6, 6.07) is 7.07. The molecule has 23 heavy (non-hydrogen) atoms. The van der Waals surface area contributed by atoms with Crippen LogP contribution in [0.1, 0.15) is 18.5 Å². The molecule has 0 aliphatic carbocycles. The van der Waals surface area contributed by atoms with Gasteiger partial charge in [0.15, 0.2) is 10.8 Å². The molecule has 3 rings (SSSR count). The Bertz CT molecular complexity index is 738. The number of nitrogens with one attached hydrogen (secondary N) is 1. The molecule has 1 radical (unpaired) electrons. The number of thiazole rings is 1. The number of nitriles is 1. The molecule has 1 aliphatic rings. The molecule has 7 nitrogen and oxygen atoms in total. The molecule has 1 atom stereocenters. The lowest BCUT2D eigenvalue weighted by molar-refractivity contribution is -0.118. The summed E-state index contributed by atoms with van der Waals surface area (Å²) < 4.78 is 0. The number of nitrogens with zero attached hydrogens (tertiary/aromatic N) is 4. The molecule has 0 unspecified atom stereocenters. The van der Waals surface area contributed by atoms with Gasteiger partial charge in [0.05, 0.1) is 0 Å². The number of anilines is 3. The molecule has 2 aromatic heterocycles. The van der Waals surface area contributed by atoms with Crippen molar-refractivity contribution in [2.45, 2.75) is 18.9 Å². The van der Waals surface area contributed by atoms with Gasteiger partial charge in [0.1, 0.15) is 22.9 Å². The largest absolute Gasteiger partial charge is 0.368 e. The normalized spacial score (nSPS) is 17.5. The maximum atomic E-state index is 11.6. The Balaban J connectivity index is 1.89. The summed E-state index contributed by atoms with van der Waals surface area (Å²) in [7, 11) is 0. The van der Waals surface area contributed by atoms with Gasteiger partial charge in [-0.15, -0.1) is 0 Å². The van der Waals surface area contributed by atoms with Gasteiger partial charge in [-0.1, -0.05) is 17.4 Å². The summed E-state index contributed by atoms with van der Waals surface area (Å²) in [5.41, 5.74) is 5.75. The smallest absolute Gasteiger partial charge is 0.240 e. The Hall–Kier alpha value is -2.66. The summed E-state index contributed by atoms with van der Waals surface area (Å²) in [6.45, 7) is 0.686. The highest BCUT2D eigenvalue weighted by Crippen LogP contribution is 2.35. The van der Waals surface area contributed by atoms with Gasteiger partial charge < -0.3 is 16.0 Å². The molecule has 0 spiro atoms. The van der Waals surface area contributed by atoms with Gasteiger partial charge in [-0.2, -0.15) is 5.26 Å². The van der Waals surface area contributed by atoms with E-state index in [0.29, 0.717) is 22.5 Å². The van der Waals surface area contributed by atoms with Crippen molar-refractivity contribution in [1.82, 2.24) is 9.97 Å². The first-order valence-electron chi connectivity index (χ1n) is 7.17. The van der Waals surface area contributed by atoms with E-state index in [4.69, 9.17) is 5.73 Å². The van der Waals surface area contributed by atoms with Crippen molar-refractivity contribution in [1.29, 1.82) is 5.26 Å². The van der Waals surface area contributed by atoms with Crippen LogP contribution in [-0.4, -0.2) is 28.5 Å². The average Bonchev–Trinajstić information content (AvgIpc) is 2.98. The molecule has 0 bridgehead atoms. The van der Waals surface area contributed by atoms with E-state index in [9.17, 15) is 10.1 Å². The first kappa shape index (κ1) is 15.2. The summed E-state index contributed by atoms with van der Waals surface area (Å²) >= 11 is 1.32. The maximum absolute atomic E-state index is 11.6. The predicted octanol–water partition coefficient (Wildman–Crippen LogP) is 1.81. The average molecular weight is 327 g/mol. The molecule has 1 saturated heterocycles. The number of carbonyl (C=O) groups excluding carboxylic acids is 1. The van der Waals surface area contributed by atoms with Crippen LogP contribution in [0.4, 0.5) is 16.0 Å². The Morgan fingerprint density at radius 2 is 2.39 bits per heavy atom. The van der Waals surface area contributed by atoms with Crippen molar-refractivity contribution in [3.63, 3.8) is 0 Å². The molecule has 8 heteroatoms. The summed E-state index contributed by atoms with van der Waals surface area (Å²) in [6.07, 6.45) is 5.33. The van der Waals surface area contributed by atoms with Crippen molar-refractivity contribution >= 4 is 33.2 Å². The van der Waals surface area contributed by atoms with Crippen molar-refractivity contribution in [3.8, 4) is 6.07 Å². The molecule has 3 heterocycles. The first-order chi connectivity index (χ1) is 11.2. The summed E-state index contributed by atoms with van der Waals surface area (Å²) in [5, 5.41) is 13.6. The van der Waals surface area contributed by atoms with Crippen LogP contribution in [0.25, 0.3) is 0 Å². The van der Waals surface area contributed by atoms with Gasteiger partial charge in [0.25, 0.3) is 0 Å². The fraction of sp³-hybridized carbons (Fsp3) is 0.267. The molecule has 117 valence electrons. The van der Waals surface area contributed by atoms with Crippen LogP contribution in [0.2, 0.25) is 0 Å². The van der Waals surface area contributed by atoms with Crippen LogP contribution in [0, 0.1) is 17.8 Å². The predicted molar refractivity (Wildman–Crippen MR) is 88.2 cm³/mol. The third-order valence-corrected chi connectivity index (χ3v) is 4.50. The van der Waals surface area contributed by atoms with Gasteiger partial charge in [0.2, 0.25) is 5.91 Å². The molecule has 0 saturated carbocycles. The molecule has 2 aromatic rings. The van der Waals surface area contributed by atoms with E-state index in [1.165, 1.54) is 11.3 Å². The fourth-order valence-electron chi connectivity index (χ4n) is 2.43. The number of aromatic nitrogens is 2. The molecule has 0 aromatic carbocycles. The van der Waals surface area contributed by atoms with E-state index in [1.54, 1.807) is 12.3 Å². The molecular weight excluding hydrogens is 312 g/mol. The Kier molecular flexibility index (Phi) is 4.39. The van der Waals surface area contributed by atoms with Gasteiger partial charge in [-0.05, 0) is 31.4 Å². The van der Waals surface area contributed by atoms with Crippen LogP contribution in [-0.2, 0) is 4.79 Å². The van der Waals surface area contributed by atoms with E-state index in [1.807, 2.05) is 23.5 Å². The van der Waals surface area contributed by atoms with Gasteiger partial charge in [0, 0.05) is 12.7 Å². The standard InChI is InChI=1S/C15H15N6OS/c16-9-10-14(20-12-6-1-3-7-18-12)23-15(19-10)21-8-4-2-5-11(21)13(17)22/h1,3,5-7,11H,2,4,8H2,(H2,17,22)(H,18,20)/t11-/m1/s1. The lowest BCUT2D eigenvalue weighted by Gasteiger charge is -2.32. The number of primary amides is 1. The van der Waals surface area contributed by atoms with Crippen LogP contribution >= 0.6 is 11.3 Å². The minimum absolute atomic E-state index is 0.282. The number of amides is 1. The lowest BCUT2D eigenvalue weighted by atomic mass is 10.0. The van der Waals surface area contributed by atoms with E-state index in [2.05, 4.69) is 21.4 Å². The van der Waals surface area contributed by atoms with E-state index in [-0.39, 0.29) is 5.69 Å². The van der Waals surface area contributed by atoms with Crippen LogP contribution in [0.15, 0.2) is 24.4 Å². The van der Waals surface area contributed by atoms with Crippen molar-refractivity contribution < 1.29 is 4.79 Å². The number of pyridine rings is 1. The first-order valence-corrected chi connectivity index (χ1v) is 7.99. The maximum Gasteiger partial charge on any atom is 0.240 e. The minimum atomic E-state index is -0.482. The number of piperidine rings is 1. The number of hydrogen-bond donors (Lipinski definition) is 2. The summed E-state index contributed by atoms with van der Waals surface area (Å²) in [4.78, 5) is 22.0. The zero-order chi connectivity index (χ0) is 16.2. The second-order valence-electron chi connectivity index (χ2n) is 5.04. The van der Waals surface area contributed by atoms with Crippen molar-refractivity contribution in [3.05, 3.63) is 36.5 Å². The minimum Gasteiger partial charge on any atom is -0.368 e. The second-order valence-corrected chi connectivity index (χ2v) is 6.02. The molecule has 3 N–H and O–H groups in total. The molecule has 1 amide bonds. The number of hydrogen-bond acceptors (Lipinski definition) is 7. The number of carbonyl (C=O) groups is 1. The topological polar surface area (TPSA) is 108 Å². The van der Waals surface area contributed by atoms with Crippen molar-refractivity contribution in [2.75, 3.05) is 16.8 Å².